The summed E-state index contributed by atoms with van der Waals surface area (Å²) in [4.78, 5) is 0. The van der Waals surface area contributed by atoms with Gasteiger partial charge in [0.25, 0.3) is 0 Å². The molecular formula is C17H19BIN2O2P. The first kappa shape index (κ1) is 16.8. The molecule has 2 heterocycles. The number of rotatable bonds is 2. The first-order valence-corrected chi connectivity index (χ1v) is 12.0. The Morgan fingerprint density at radius 2 is 1.75 bits per heavy atom. The van der Waals surface area contributed by atoms with Crippen LogP contribution in [0.1, 0.15) is 27.7 Å². The standard InChI is InChI=1S/C17H19BIN2O2P/c1-16(2)17(3,4)23-18(22-16)15-12-8-6-5-7-11(12)9-14-13(15)10-20-21(14)24-19/h5-10,24H,1-4H3. The average molecular weight is 452 g/mol. The minimum Gasteiger partial charge on any atom is -0.399 e. The van der Waals surface area contributed by atoms with E-state index in [1.165, 1.54) is 10.8 Å². The van der Waals surface area contributed by atoms with Crippen molar-refractivity contribution in [2.75, 3.05) is 0 Å². The predicted molar refractivity (Wildman–Crippen MR) is 111 cm³/mol. The lowest BCUT2D eigenvalue weighted by Crippen LogP contribution is -2.41. The number of hydrogen-bond donors (Lipinski definition) is 0. The quantitative estimate of drug-likeness (QED) is 0.331. The second-order valence-corrected chi connectivity index (χ2v) is 9.21. The van der Waals surface area contributed by atoms with Crippen LogP contribution in [0, 0.1) is 0 Å². The van der Waals surface area contributed by atoms with E-state index in [-0.39, 0.29) is 11.2 Å². The largest absolute Gasteiger partial charge is 0.496 e. The highest BCUT2D eigenvalue weighted by atomic mass is 127. The zero-order chi connectivity index (χ0) is 17.1. The number of aromatic nitrogens is 2. The first-order valence-electron chi connectivity index (χ1n) is 7.96. The highest BCUT2D eigenvalue weighted by molar-refractivity contribution is 14.2. The van der Waals surface area contributed by atoms with Crippen LogP contribution in [-0.2, 0) is 9.31 Å². The molecule has 0 amide bonds. The molecule has 1 aliphatic heterocycles. The Morgan fingerprint density at radius 1 is 1.08 bits per heavy atom. The van der Waals surface area contributed by atoms with Crippen LogP contribution < -0.4 is 5.46 Å². The van der Waals surface area contributed by atoms with Crippen molar-refractivity contribution in [3.8, 4) is 0 Å². The molecule has 1 fully saturated rings. The highest BCUT2D eigenvalue weighted by Crippen LogP contribution is 2.38. The number of benzene rings is 2. The zero-order valence-electron chi connectivity index (χ0n) is 14.1. The third kappa shape index (κ3) is 2.42. The van der Waals surface area contributed by atoms with Gasteiger partial charge in [-0.15, -0.1) is 0 Å². The number of fused-ring (bicyclic) bond motifs is 2. The van der Waals surface area contributed by atoms with Crippen LogP contribution in [0.15, 0.2) is 36.5 Å². The Morgan fingerprint density at radius 3 is 2.42 bits per heavy atom. The van der Waals surface area contributed by atoms with E-state index in [1.54, 1.807) is 0 Å². The van der Waals surface area contributed by atoms with Gasteiger partial charge in [0.15, 0.2) is 0 Å². The summed E-state index contributed by atoms with van der Waals surface area (Å²) in [6, 6.07) is 10.6. The van der Waals surface area contributed by atoms with Crippen LogP contribution in [0.5, 0.6) is 0 Å². The van der Waals surface area contributed by atoms with Crippen molar-refractivity contribution in [2.24, 2.45) is 0 Å². The fraction of sp³-hybridized carbons (Fsp3) is 0.353. The van der Waals surface area contributed by atoms with Gasteiger partial charge in [0.2, 0.25) is 0 Å². The van der Waals surface area contributed by atoms with Crippen LogP contribution in [0.2, 0.25) is 0 Å². The maximum atomic E-state index is 6.35. The summed E-state index contributed by atoms with van der Waals surface area (Å²) in [6.45, 7) is 8.35. The summed E-state index contributed by atoms with van der Waals surface area (Å²) in [5.41, 5.74) is 1.50. The van der Waals surface area contributed by atoms with Gasteiger partial charge in [0, 0.05) is 10.8 Å². The molecule has 0 saturated carbocycles. The van der Waals surface area contributed by atoms with E-state index in [1.807, 2.05) is 10.6 Å². The maximum absolute atomic E-state index is 6.35. The molecule has 0 radical (unpaired) electrons. The topological polar surface area (TPSA) is 36.3 Å². The van der Waals surface area contributed by atoms with Crippen molar-refractivity contribution in [1.29, 1.82) is 0 Å². The number of nitrogens with zero attached hydrogens (tertiary/aromatic N) is 2. The minimum atomic E-state index is -0.390. The van der Waals surface area contributed by atoms with Crippen LogP contribution in [0.3, 0.4) is 0 Å². The summed E-state index contributed by atoms with van der Waals surface area (Å²) in [5.74, 6) is 0. The third-order valence-electron chi connectivity index (χ3n) is 5.21. The minimum absolute atomic E-state index is 0.359. The van der Waals surface area contributed by atoms with E-state index in [9.17, 15) is 0 Å². The molecule has 2 aromatic carbocycles. The average Bonchev–Trinajstić information content (AvgIpc) is 3.02. The van der Waals surface area contributed by atoms with Gasteiger partial charge in [-0.1, -0.05) is 24.3 Å². The Labute approximate surface area is 156 Å². The van der Waals surface area contributed by atoms with Gasteiger partial charge in [0.05, 0.1) is 29.3 Å². The summed E-state index contributed by atoms with van der Waals surface area (Å²) < 4.78 is 14.7. The second-order valence-electron chi connectivity index (χ2n) is 7.17. The van der Waals surface area contributed by atoms with Crippen LogP contribution in [0.25, 0.3) is 21.7 Å². The molecule has 1 aliphatic rings. The Balaban J connectivity index is 2.01. The van der Waals surface area contributed by atoms with Gasteiger partial charge in [-0.25, -0.2) is 4.45 Å². The normalized spacial score (nSPS) is 20.0. The fourth-order valence-electron chi connectivity index (χ4n) is 3.15. The molecule has 1 atom stereocenters. The van der Waals surface area contributed by atoms with Gasteiger partial charge < -0.3 is 9.31 Å². The molecule has 0 spiro atoms. The molecule has 4 nitrogen and oxygen atoms in total. The molecule has 0 bridgehead atoms. The lowest BCUT2D eigenvalue weighted by atomic mass is 9.74. The highest BCUT2D eigenvalue weighted by Gasteiger charge is 2.52. The first-order chi connectivity index (χ1) is 11.3. The molecule has 1 aromatic heterocycles. The van der Waals surface area contributed by atoms with Crippen molar-refractivity contribution in [2.45, 2.75) is 38.9 Å². The van der Waals surface area contributed by atoms with Crippen molar-refractivity contribution < 1.29 is 9.31 Å². The lowest BCUT2D eigenvalue weighted by Gasteiger charge is -2.32. The molecular weight excluding hydrogens is 433 g/mol. The van der Waals surface area contributed by atoms with E-state index in [0.29, 0.717) is 6.37 Å². The van der Waals surface area contributed by atoms with E-state index in [0.717, 1.165) is 16.4 Å². The Bertz CT molecular complexity index is 925. The number of hydrogen-bond acceptors (Lipinski definition) is 3. The zero-order valence-corrected chi connectivity index (χ0v) is 17.3. The van der Waals surface area contributed by atoms with Crippen molar-refractivity contribution >= 4 is 62.7 Å². The van der Waals surface area contributed by atoms with E-state index >= 15 is 0 Å². The summed E-state index contributed by atoms with van der Waals surface area (Å²) in [6.07, 6.45) is 2.50. The smallest absolute Gasteiger partial charge is 0.399 e. The van der Waals surface area contributed by atoms with Crippen LogP contribution >= 0.6 is 28.4 Å². The lowest BCUT2D eigenvalue weighted by molar-refractivity contribution is 0.00578. The van der Waals surface area contributed by atoms with Gasteiger partial charge in [-0.05, 0) is 66.6 Å². The summed E-state index contributed by atoms with van der Waals surface area (Å²) >= 11 is 2.36. The van der Waals surface area contributed by atoms with Crippen molar-refractivity contribution in [1.82, 2.24) is 9.55 Å². The predicted octanol–water partition coefficient (Wildman–Crippen LogP) is 4.28. The molecule has 124 valence electrons. The molecule has 1 saturated heterocycles. The van der Waals surface area contributed by atoms with Crippen molar-refractivity contribution in [3.05, 3.63) is 36.5 Å². The molecule has 4 rings (SSSR count). The molecule has 1 unspecified atom stereocenters. The summed E-state index contributed by atoms with van der Waals surface area (Å²) in [5, 5.41) is 8.01. The monoisotopic (exact) mass is 452 g/mol. The van der Waals surface area contributed by atoms with Gasteiger partial charge in [-0.3, -0.25) is 0 Å². The second kappa shape index (κ2) is 5.66. The maximum Gasteiger partial charge on any atom is 0.496 e. The Kier molecular flexibility index (Phi) is 3.96. The summed E-state index contributed by atoms with van der Waals surface area (Å²) in [7, 11) is -0.390. The number of halogens is 1. The van der Waals surface area contributed by atoms with E-state index < -0.39 is 7.12 Å². The Hall–Kier alpha value is -0.685. The molecule has 24 heavy (non-hydrogen) atoms. The SMILES string of the molecule is CC1(C)OB(c2c3ccccc3cc3c2cnn3PI)OC1(C)C. The molecule has 0 N–H and O–H groups in total. The van der Waals surface area contributed by atoms with Gasteiger partial charge in [0.1, 0.15) is 0 Å². The molecule has 7 heteroatoms. The van der Waals surface area contributed by atoms with Crippen LogP contribution in [-0.4, -0.2) is 27.9 Å². The third-order valence-corrected chi connectivity index (χ3v) is 7.10. The van der Waals surface area contributed by atoms with Crippen LogP contribution in [0.4, 0.5) is 0 Å². The molecule has 3 aromatic rings. The molecule has 0 aliphatic carbocycles. The van der Waals surface area contributed by atoms with Gasteiger partial charge >= 0.3 is 7.12 Å². The van der Waals surface area contributed by atoms with E-state index in [4.69, 9.17) is 9.31 Å². The van der Waals surface area contributed by atoms with E-state index in [2.05, 4.69) is 85.2 Å². The van der Waals surface area contributed by atoms with Crippen molar-refractivity contribution in [3.63, 3.8) is 0 Å². The van der Waals surface area contributed by atoms with Gasteiger partial charge in [-0.2, -0.15) is 5.10 Å². The fourth-order valence-corrected chi connectivity index (χ4v) is 4.68.